The number of carbonyl (C=O) groups is 1. The molecular formula is C16H24O3. The maximum absolute atomic E-state index is 11.7. The van der Waals surface area contributed by atoms with Gasteiger partial charge in [-0.05, 0) is 38.0 Å². The lowest BCUT2D eigenvalue weighted by Crippen LogP contribution is -2.42. The number of hydrogen-bond acceptors (Lipinski definition) is 3. The zero-order valence-electron chi connectivity index (χ0n) is 12.1. The van der Waals surface area contributed by atoms with Gasteiger partial charge in [0.1, 0.15) is 6.10 Å². The van der Waals surface area contributed by atoms with Crippen molar-refractivity contribution < 1.29 is 14.6 Å². The van der Waals surface area contributed by atoms with Gasteiger partial charge in [0.15, 0.2) is 0 Å². The molecule has 19 heavy (non-hydrogen) atoms. The molecule has 106 valence electrons. The van der Waals surface area contributed by atoms with Crippen LogP contribution in [0.5, 0.6) is 0 Å². The van der Waals surface area contributed by atoms with Gasteiger partial charge in [-0.25, -0.2) is 4.79 Å². The molecular weight excluding hydrogens is 240 g/mol. The number of aliphatic hydroxyl groups is 1. The van der Waals surface area contributed by atoms with Crippen molar-refractivity contribution in [1.82, 2.24) is 0 Å². The molecule has 1 heterocycles. The quantitative estimate of drug-likeness (QED) is 0.415. The average molecular weight is 264 g/mol. The molecule has 0 spiro atoms. The number of hydrogen-bond donors (Lipinski definition) is 1. The van der Waals surface area contributed by atoms with Gasteiger partial charge in [-0.2, -0.15) is 0 Å². The number of ether oxygens (including phenoxy) is 1. The topological polar surface area (TPSA) is 46.5 Å². The minimum absolute atomic E-state index is 0.0526. The maximum Gasteiger partial charge on any atom is 0.334 e. The van der Waals surface area contributed by atoms with Crippen LogP contribution in [-0.2, 0) is 9.53 Å². The lowest BCUT2D eigenvalue weighted by Gasteiger charge is -2.36. The van der Waals surface area contributed by atoms with Crippen LogP contribution in [0.4, 0.5) is 0 Å². The molecule has 0 amide bonds. The Morgan fingerprint density at radius 2 is 2.16 bits per heavy atom. The van der Waals surface area contributed by atoms with E-state index in [0.717, 1.165) is 25.7 Å². The Bertz CT molecular complexity index is 420. The van der Waals surface area contributed by atoms with Crippen molar-refractivity contribution in [2.24, 2.45) is 11.3 Å². The second-order valence-corrected chi connectivity index (χ2v) is 6.56. The minimum atomic E-state index is -0.632. The van der Waals surface area contributed by atoms with Gasteiger partial charge in [-0.15, -0.1) is 0 Å². The van der Waals surface area contributed by atoms with E-state index < -0.39 is 12.2 Å². The molecule has 0 aromatic rings. The second-order valence-electron chi connectivity index (χ2n) is 6.56. The van der Waals surface area contributed by atoms with Gasteiger partial charge < -0.3 is 9.84 Å². The SMILES string of the molecule is C=C1C(=O)OC2C(O)C(C)(C)CC/C=C(\C)CC[C@H]12. The Kier molecular flexibility index (Phi) is 3.86. The van der Waals surface area contributed by atoms with Crippen LogP contribution in [0.25, 0.3) is 0 Å². The summed E-state index contributed by atoms with van der Waals surface area (Å²) in [7, 11) is 0. The number of fused-ring (bicyclic) bond motifs is 1. The lowest BCUT2D eigenvalue weighted by atomic mass is 9.74. The number of carbonyl (C=O) groups excluding carboxylic acids is 1. The van der Waals surface area contributed by atoms with Crippen molar-refractivity contribution in [3.8, 4) is 0 Å². The van der Waals surface area contributed by atoms with E-state index in [1.807, 2.05) is 13.8 Å². The smallest absolute Gasteiger partial charge is 0.334 e. The average Bonchev–Trinajstić information content (AvgIpc) is 2.61. The van der Waals surface area contributed by atoms with Crippen molar-refractivity contribution >= 4 is 5.97 Å². The summed E-state index contributed by atoms with van der Waals surface area (Å²) in [5.41, 5.74) is 1.60. The summed E-state index contributed by atoms with van der Waals surface area (Å²) in [5, 5.41) is 10.6. The van der Waals surface area contributed by atoms with Crippen molar-refractivity contribution in [2.75, 3.05) is 0 Å². The molecule has 1 aliphatic heterocycles. The van der Waals surface area contributed by atoms with Crippen molar-refractivity contribution in [2.45, 2.75) is 58.7 Å². The third-order valence-corrected chi connectivity index (χ3v) is 4.59. The molecule has 0 aromatic heterocycles. The number of aliphatic hydroxyl groups excluding tert-OH is 1. The number of allylic oxidation sites excluding steroid dienone is 2. The molecule has 3 atom stereocenters. The van der Waals surface area contributed by atoms with E-state index in [9.17, 15) is 9.90 Å². The molecule has 1 N–H and O–H groups in total. The van der Waals surface area contributed by atoms with Crippen LogP contribution >= 0.6 is 0 Å². The van der Waals surface area contributed by atoms with Crippen molar-refractivity contribution in [1.29, 1.82) is 0 Å². The summed E-state index contributed by atoms with van der Waals surface area (Å²) in [6.07, 6.45) is 4.79. The summed E-state index contributed by atoms with van der Waals surface area (Å²) in [5.74, 6) is -0.394. The first-order valence-corrected chi connectivity index (χ1v) is 7.06. The van der Waals surface area contributed by atoms with E-state index in [1.165, 1.54) is 5.57 Å². The van der Waals surface area contributed by atoms with E-state index in [1.54, 1.807) is 0 Å². The minimum Gasteiger partial charge on any atom is -0.456 e. The highest BCUT2D eigenvalue weighted by Crippen LogP contribution is 2.41. The Labute approximate surface area is 115 Å². The number of rotatable bonds is 0. The highest BCUT2D eigenvalue weighted by Gasteiger charge is 2.47. The first-order chi connectivity index (χ1) is 8.83. The monoisotopic (exact) mass is 264 g/mol. The predicted molar refractivity (Wildman–Crippen MR) is 74.5 cm³/mol. The third kappa shape index (κ3) is 2.76. The molecule has 3 nitrogen and oxygen atoms in total. The van der Waals surface area contributed by atoms with Gasteiger partial charge in [-0.1, -0.05) is 32.1 Å². The van der Waals surface area contributed by atoms with Crippen LogP contribution in [0.3, 0.4) is 0 Å². The van der Waals surface area contributed by atoms with Crippen LogP contribution in [-0.4, -0.2) is 23.3 Å². The summed E-state index contributed by atoms with van der Waals surface area (Å²) in [6, 6.07) is 0. The first kappa shape index (κ1) is 14.3. The summed E-state index contributed by atoms with van der Waals surface area (Å²) in [6.45, 7) is 10.0. The van der Waals surface area contributed by atoms with Crippen molar-refractivity contribution in [3.63, 3.8) is 0 Å². The van der Waals surface area contributed by atoms with Gasteiger partial charge in [0.05, 0.1) is 6.10 Å². The van der Waals surface area contributed by atoms with Crippen LogP contribution in [0.1, 0.15) is 46.5 Å². The van der Waals surface area contributed by atoms with Crippen LogP contribution in [0.2, 0.25) is 0 Å². The van der Waals surface area contributed by atoms with Gasteiger partial charge in [0, 0.05) is 11.5 Å². The normalized spacial score (nSPS) is 38.1. The fourth-order valence-electron chi connectivity index (χ4n) is 3.02. The Hall–Kier alpha value is -1.09. The molecule has 3 heteroatoms. The van der Waals surface area contributed by atoms with E-state index in [0.29, 0.717) is 5.57 Å². The van der Waals surface area contributed by atoms with E-state index in [2.05, 4.69) is 19.6 Å². The Morgan fingerprint density at radius 1 is 1.47 bits per heavy atom. The van der Waals surface area contributed by atoms with Gasteiger partial charge >= 0.3 is 5.97 Å². The highest BCUT2D eigenvalue weighted by atomic mass is 16.6. The number of esters is 1. The predicted octanol–water partition coefficient (Wildman–Crippen LogP) is 2.99. The first-order valence-electron chi connectivity index (χ1n) is 7.06. The molecule has 1 saturated heterocycles. The Morgan fingerprint density at radius 3 is 2.84 bits per heavy atom. The standard InChI is InChI=1S/C16H24O3/c1-10-6-5-9-16(3,4)14(17)13-12(8-7-10)11(2)15(18)19-13/h6,12-14,17H,2,5,7-9H2,1,3-4H3/b10-6+/t12-,13?,14?/m1/s1. The van der Waals surface area contributed by atoms with Gasteiger partial charge in [-0.3, -0.25) is 0 Å². The highest BCUT2D eigenvalue weighted by molar-refractivity contribution is 5.90. The molecule has 0 aromatic carbocycles. The molecule has 0 bridgehead atoms. The van der Waals surface area contributed by atoms with Crippen LogP contribution in [0, 0.1) is 11.3 Å². The fraction of sp³-hybridized carbons (Fsp3) is 0.688. The van der Waals surface area contributed by atoms with Crippen LogP contribution in [0.15, 0.2) is 23.8 Å². The van der Waals surface area contributed by atoms with Gasteiger partial charge in [0.2, 0.25) is 0 Å². The molecule has 0 radical (unpaired) electrons. The van der Waals surface area contributed by atoms with Gasteiger partial charge in [0.25, 0.3) is 0 Å². The molecule has 2 unspecified atom stereocenters. The summed E-state index contributed by atoms with van der Waals surface area (Å²) in [4.78, 5) is 11.7. The molecule has 2 aliphatic rings. The molecule has 2 rings (SSSR count). The van der Waals surface area contributed by atoms with Crippen LogP contribution < -0.4 is 0 Å². The summed E-state index contributed by atoms with van der Waals surface area (Å²) < 4.78 is 5.38. The van der Waals surface area contributed by atoms with E-state index in [-0.39, 0.29) is 17.3 Å². The van der Waals surface area contributed by atoms with E-state index in [4.69, 9.17) is 4.74 Å². The zero-order chi connectivity index (χ0) is 14.2. The Balaban J connectivity index is 2.31. The summed E-state index contributed by atoms with van der Waals surface area (Å²) >= 11 is 0. The second kappa shape index (κ2) is 5.12. The maximum atomic E-state index is 11.7. The largest absolute Gasteiger partial charge is 0.456 e. The molecule has 1 fully saturated rings. The lowest BCUT2D eigenvalue weighted by molar-refractivity contribution is -0.149. The zero-order valence-corrected chi connectivity index (χ0v) is 12.1. The molecule has 1 aliphatic carbocycles. The van der Waals surface area contributed by atoms with E-state index >= 15 is 0 Å². The van der Waals surface area contributed by atoms with Crippen molar-refractivity contribution in [3.05, 3.63) is 23.8 Å². The molecule has 0 saturated carbocycles. The third-order valence-electron chi connectivity index (χ3n) is 4.59. The fourth-order valence-corrected chi connectivity index (χ4v) is 3.02.